The summed E-state index contributed by atoms with van der Waals surface area (Å²) in [6.45, 7) is 0. The average molecular weight is 298 g/mol. The van der Waals surface area contributed by atoms with Gasteiger partial charge in [0.1, 0.15) is 5.69 Å². The largest absolute Gasteiger partial charge is 0.318 e. The number of sulfonamides is 1. The number of benzene rings is 1. The second kappa shape index (κ2) is 5.14. The molecule has 0 amide bonds. The molecule has 0 spiro atoms. The van der Waals surface area contributed by atoms with Crippen molar-refractivity contribution in [1.82, 2.24) is 10.2 Å². The van der Waals surface area contributed by atoms with Crippen molar-refractivity contribution in [3.8, 4) is 0 Å². The maximum Gasteiger partial charge on any atom is 0.295 e. The third-order valence-corrected chi connectivity index (χ3v) is 3.76. The molecular weight excluding hydrogens is 288 g/mol. The highest BCUT2D eigenvalue weighted by atomic mass is 32.2. The highest BCUT2D eigenvalue weighted by molar-refractivity contribution is 7.92. The maximum absolute atomic E-state index is 12.0. The molecule has 0 unspecified atom stereocenters. The first-order chi connectivity index (χ1) is 9.44. The van der Waals surface area contributed by atoms with Crippen molar-refractivity contribution in [2.45, 2.75) is 4.90 Å². The van der Waals surface area contributed by atoms with Crippen LogP contribution < -0.4 is 16.0 Å². The molecule has 0 saturated carbocycles. The first-order valence-corrected chi connectivity index (χ1v) is 6.69. The number of aromatic nitrogens is 2. The quantitative estimate of drug-likeness (QED) is 0.353. The lowest BCUT2D eigenvalue weighted by Crippen LogP contribution is -2.14. The predicted octanol–water partition coefficient (Wildman–Crippen LogP) is 0.404. The number of hydrazine groups is 1. The SMILES string of the molecule is NNc1ccc(S(=O)(=O)Nc2cn[nH]c2)cc1[N+](=O)[O-]. The minimum absolute atomic E-state index is 0.0114. The summed E-state index contributed by atoms with van der Waals surface area (Å²) in [6.07, 6.45) is 2.60. The summed E-state index contributed by atoms with van der Waals surface area (Å²) < 4.78 is 26.3. The number of rotatable bonds is 5. The number of anilines is 2. The van der Waals surface area contributed by atoms with Crippen molar-refractivity contribution in [1.29, 1.82) is 0 Å². The Hall–Kier alpha value is -2.66. The van der Waals surface area contributed by atoms with Crippen LogP contribution in [0.15, 0.2) is 35.5 Å². The van der Waals surface area contributed by atoms with Crippen LogP contribution in [0.2, 0.25) is 0 Å². The van der Waals surface area contributed by atoms with Crippen LogP contribution in [0.1, 0.15) is 0 Å². The fourth-order valence-electron chi connectivity index (χ4n) is 1.47. The highest BCUT2D eigenvalue weighted by Crippen LogP contribution is 2.27. The Labute approximate surface area is 113 Å². The number of nitrogens with zero attached hydrogens (tertiary/aromatic N) is 2. The second-order valence-electron chi connectivity index (χ2n) is 3.67. The third kappa shape index (κ3) is 2.67. The molecule has 0 aliphatic heterocycles. The number of hydrogen-bond acceptors (Lipinski definition) is 7. The van der Waals surface area contributed by atoms with E-state index >= 15 is 0 Å². The molecule has 5 N–H and O–H groups in total. The van der Waals surface area contributed by atoms with Gasteiger partial charge in [-0.2, -0.15) is 5.10 Å². The van der Waals surface area contributed by atoms with Crippen LogP contribution in [0.25, 0.3) is 0 Å². The molecule has 0 saturated heterocycles. The van der Waals surface area contributed by atoms with Crippen molar-refractivity contribution < 1.29 is 13.3 Å². The molecule has 2 rings (SSSR count). The lowest BCUT2D eigenvalue weighted by Gasteiger charge is -2.07. The number of hydrogen-bond donors (Lipinski definition) is 4. The van der Waals surface area contributed by atoms with Crippen LogP contribution in [0.5, 0.6) is 0 Å². The molecule has 0 aliphatic rings. The van der Waals surface area contributed by atoms with Gasteiger partial charge in [0.2, 0.25) is 0 Å². The summed E-state index contributed by atoms with van der Waals surface area (Å²) in [4.78, 5) is 9.87. The van der Waals surface area contributed by atoms with Crippen LogP contribution in [0.4, 0.5) is 17.1 Å². The van der Waals surface area contributed by atoms with Gasteiger partial charge in [0.25, 0.3) is 15.7 Å². The molecule has 1 heterocycles. The molecule has 1 aromatic heterocycles. The molecule has 0 aliphatic carbocycles. The van der Waals surface area contributed by atoms with Gasteiger partial charge in [0.15, 0.2) is 0 Å². The number of aromatic amines is 1. The van der Waals surface area contributed by atoms with Gasteiger partial charge in [-0.15, -0.1) is 0 Å². The second-order valence-corrected chi connectivity index (χ2v) is 5.36. The van der Waals surface area contributed by atoms with E-state index < -0.39 is 20.6 Å². The highest BCUT2D eigenvalue weighted by Gasteiger charge is 2.21. The smallest absolute Gasteiger partial charge is 0.295 e. The van der Waals surface area contributed by atoms with E-state index in [0.717, 1.165) is 6.07 Å². The van der Waals surface area contributed by atoms with E-state index in [-0.39, 0.29) is 16.3 Å². The van der Waals surface area contributed by atoms with Gasteiger partial charge >= 0.3 is 0 Å². The minimum Gasteiger partial charge on any atom is -0.318 e. The summed E-state index contributed by atoms with van der Waals surface area (Å²) in [5.41, 5.74) is 1.91. The zero-order chi connectivity index (χ0) is 14.8. The Kier molecular flexibility index (Phi) is 3.54. The van der Waals surface area contributed by atoms with Crippen molar-refractivity contribution >= 4 is 27.1 Å². The van der Waals surface area contributed by atoms with Crippen LogP contribution in [0, 0.1) is 10.1 Å². The Morgan fingerprint density at radius 2 is 2.15 bits per heavy atom. The van der Waals surface area contributed by atoms with E-state index in [2.05, 4.69) is 20.3 Å². The summed E-state index contributed by atoms with van der Waals surface area (Å²) in [7, 11) is -3.95. The molecule has 106 valence electrons. The van der Waals surface area contributed by atoms with Crippen LogP contribution >= 0.6 is 0 Å². The Morgan fingerprint density at radius 1 is 1.40 bits per heavy atom. The average Bonchev–Trinajstić information content (AvgIpc) is 2.89. The number of nitrogens with two attached hydrogens (primary N) is 1. The Balaban J connectivity index is 2.42. The van der Waals surface area contributed by atoms with Crippen LogP contribution in [0.3, 0.4) is 0 Å². The van der Waals surface area contributed by atoms with Crippen molar-refractivity contribution in [3.05, 3.63) is 40.7 Å². The van der Waals surface area contributed by atoms with E-state index in [4.69, 9.17) is 5.84 Å². The monoisotopic (exact) mass is 298 g/mol. The number of nitrogen functional groups attached to an aromatic ring is 1. The van der Waals surface area contributed by atoms with Crippen molar-refractivity contribution in [2.24, 2.45) is 5.84 Å². The number of nitro groups is 1. The van der Waals surface area contributed by atoms with E-state index in [1.54, 1.807) is 0 Å². The van der Waals surface area contributed by atoms with E-state index in [9.17, 15) is 18.5 Å². The summed E-state index contributed by atoms with van der Waals surface area (Å²) in [5, 5.41) is 16.9. The molecule has 1 aromatic carbocycles. The number of nitrogens with one attached hydrogen (secondary N) is 3. The fourth-order valence-corrected chi connectivity index (χ4v) is 2.53. The van der Waals surface area contributed by atoms with E-state index in [1.807, 2.05) is 0 Å². The van der Waals surface area contributed by atoms with Gasteiger partial charge in [0, 0.05) is 12.3 Å². The van der Waals surface area contributed by atoms with Gasteiger partial charge in [-0.3, -0.25) is 25.8 Å². The lowest BCUT2D eigenvalue weighted by atomic mass is 10.3. The van der Waals surface area contributed by atoms with Gasteiger partial charge in [-0.1, -0.05) is 0 Å². The van der Waals surface area contributed by atoms with Gasteiger partial charge in [-0.25, -0.2) is 8.42 Å². The first-order valence-electron chi connectivity index (χ1n) is 5.20. The standard InChI is InChI=1S/C9H10N6O4S/c10-13-8-2-1-7(3-9(8)15(16)17)20(18,19)14-6-4-11-12-5-6/h1-5,13-14H,10H2,(H,11,12). The zero-order valence-electron chi connectivity index (χ0n) is 9.90. The van der Waals surface area contributed by atoms with Gasteiger partial charge in [0.05, 0.1) is 21.7 Å². The molecule has 0 fully saturated rings. The van der Waals surface area contributed by atoms with Gasteiger partial charge < -0.3 is 5.43 Å². The molecule has 0 radical (unpaired) electrons. The molecule has 0 bridgehead atoms. The van der Waals surface area contributed by atoms with E-state index in [0.29, 0.717) is 0 Å². The van der Waals surface area contributed by atoms with Crippen LogP contribution in [-0.2, 0) is 10.0 Å². The summed E-state index contributed by atoms with van der Waals surface area (Å²) in [5.74, 6) is 5.13. The summed E-state index contributed by atoms with van der Waals surface area (Å²) in [6, 6.07) is 3.32. The molecular formula is C9H10N6O4S. The minimum atomic E-state index is -3.95. The predicted molar refractivity (Wildman–Crippen MR) is 70.3 cm³/mol. The number of H-pyrrole nitrogens is 1. The molecule has 20 heavy (non-hydrogen) atoms. The first kappa shape index (κ1) is 13.8. The van der Waals surface area contributed by atoms with Crippen molar-refractivity contribution in [2.75, 3.05) is 10.1 Å². The van der Waals surface area contributed by atoms with E-state index in [1.165, 1.54) is 24.5 Å². The zero-order valence-corrected chi connectivity index (χ0v) is 10.7. The lowest BCUT2D eigenvalue weighted by molar-refractivity contribution is -0.384. The summed E-state index contributed by atoms with van der Waals surface area (Å²) >= 11 is 0. The third-order valence-electron chi connectivity index (χ3n) is 2.38. The number of nitro benzene ring substituents is 1. The molecule has 11 heteroatoms. The maximum atomic E-state index is 12.0. The van der Waals surface area contributed by atoms with Crippen molar-refractivity contribution in [3.63, 3.8) is 0 Å². The van der Waals surface area contributed by atoms with Gasteiger partial charge in [-0.05, 0) is 12.1 Å². The molecule has 10 nitrogen and oxygen atoms in total. The van der Waals surface area contributed by atoms with Crippen LogP contribution in [-0.4, -0.2) is 23.5 Å². The topological polar surface area (TPSA) is 156 Å². The normalized spacial score (nSPS) is 11.1. The molecule has 0 atom stereocenters. The fraction of sp³-hybridized carbons (Fsp3) is 0. The Morgan fingerprint density at radius 3 is 2.70 bits per heavy atom. The Bertz CT molecular complexity index is 727. The molecule has 2 aromatic rings.